The first-order valence-electron chi connectivity index (χ1n) is 5.70. The molecule has 2 nitrogen and oxygen atoms in total. The Morgan fingerprint density at radius 1 is 1.47 bits per heavy atom. The molecule has 0 saturated carbocycles. The molecule has 0 aliphatic carbocycles. The second-order valence-corrected chi connectivity index (χ2v) is 5.02. The lowest BCUT2D eigenvalue weighted by molar-refractivity contribution is -0.0289. The lowest BCUT2D eigenvalue weighted by Gasteiger charge is -2.31. The number of benzene rings is 1. The molecule has 0 saturated heterocycles. The second kappa shape index (κ2) is 5.80. The van der Waals surface area contributed by atoms with Gasteiger partial charge in [-0.2, -0.15) is 0 Å². The average Bonchev–Trinajstić information content (AvgIpc) is 2.23. The predicted molar refractivity (Wildman–Crippen MR) is 68.8 cm³/mol. The molecule has 0 fully saturated rings. The maximum atomic E-state index is 13.5. The van der Waals surface area contributed by atoms with E-state index in [-0.39, 0.29) is 11.9 Å². The number of hydrogen-bond donors (Lipinski definition) is 1. The van der Waals surface area contributed by atoms with E-state index in [9.17, 15) is 4.39 Å². The molecule has 4 heteroatoms. The molecule has 96 valence electrons. The molecule has 1 aromatic rings. The normalized spacial score (nSPS) is 13.8. The first-order valence-corrected chi connectivity index (χ1v) is 6.08. The Labute approximate surface area is 107 Å². The Morgan fingerprint density at radius 2 is 2.12 bits per heavy atom. The third kappa shape index (κ3) is 3.95. The highest BCUT2D eigenvalue weighted by Gasteiger charge is 2.27. The first kappa shape index (κ1) is 14.4. The van der Waals surface area contributed by atoms with Crippen molar-refractivity contribution in [3.63, 3.8) is 0 Å². The zero-order valence-corrected chi connectivity index (χ0v) is 11.2. The van der Waals surface area contributed by atoms with Crippen molar-refractivity contribution >= 4 is 11.6 Å². The summed E-state index contributed by atoms with van der Waals surface area (Å²) >= 11 is 5.84. The maximum Gasteiger partial charge on any atom is 0.126 e. The fourth-order valence-corrected chi connectivity index (χ4v) is 1.86. The minimum atomic E-state index is -0.483. The van der Waals surface area contributed by atoms with Gasteiger partial charge in [0.2, 0.25) is 0 Å². The topological polar surface area (TPSA) is 35.2 Å². The summed E-state index contributed by atoms with van der Waals surface area (Å²) in [6.45, 7) is 6.31. The Bertz CT molecular complexity index is 382. The van der Waals surface area contributed by atoms with Gasteiger partial charge < -0.3 is 10.5 Å². The highest BCUT2D eigenvalue weighted by Crippen LogP contribution is 2.21. The van der Waals surface area contributed by atoms with Crippen LogP contribution in [-0.4, -0.2) is 18.2 Å². The highest BCUT2D eigenvalue weighted by atomic mass is 35.5. The van der Waals surface area contributed by atoms with E-state index < -0.39 is 5.60 Å². The fourth-order valence-electron chi connectivity index (χ4n) is 1.66. The smallest absolute Gasteiger partial charge is 0.126 e. The third-order valence-corrected chi connectivity index (χ3v) is 3.09. The minimum absolute atomic E-state index is 0.280. The van der Waals surface area contributed by atoms with Gasteiger partial charge in [-0.25, -0.2) is 4.39 Å². The molecule has 1 unspecified atom stereocenters. The van der Waals surface area contributed by atoms with Crippen molar-refractivity contribution in [1.82, 2.24) is 0 Å². The zero-order chi connectivity index (χ0) is 13.1. The van der Waals surface area contributed by atoms with Gasteiger partial charge in [-0.3, -0.25) is 0 Å². The van der Waals surface area contributed by atoms with Crippen LogP contribution in [0.1, 0.15) is 26.3 Å². The fraction of sp³-hybridized carbons (Fsp3) is 0.538. The maximum absolute atomic E-state index is 13.5. The molecule has 1 atom stereocenters. The molecule has 0 aliphatic rings. The second-order valence-electron chi connectivity index (χ2n) is 4.58. The first-order chi connectivity index (χ1) is 7.86. The Balaban J connectivity index is 2.80. The number of nitrogens with two attached hydrogens (primary N) is 1. The van der Waals surface area contributed by atoms with Gasteiger partial charge in [0.15, 0.2) is 0 Å². The Hall–Kier alpha value is -0.640. The van der Waals surface area contributed by atoms with Crippen molar-refractivity contribution in [3.05, 3.63) is 34.6 Å². The average molecular weight is 260 g/mol. The van der Waals surface area contributed by atoms with Crippen LogP contribution in [0.5, 0.6) is 0 Å². The minimum Gasteiger partial charge on any atom is -0.374 e. The number of halogens is 2. The summed E-state index contributed by atoms with van der Waals surface area (Å²) < 4.78 is 19.1. The van der Waals surface area contributed by atoms with E-state index >= 15 is 0 Å². The van der Waals surface area contributed by atoms with E-state index in [0.717, 1.165) is 0 Å². The van der Waals surface area contributed by atoms with Gasteiger partial charge in [0.05, 0.1) is 5.60 Å². The van der Waals surface area contributed by atoms with Crippen LogP contribution in [0.4, 0.5) is 4.39 Å². The van der Waals surface area contributed by atoms with Gasteiger partial charge in [0, 0.05) is 17.7 Å². The molecule has 1 aromatic carbocycles. The van der Waals surface area contributed by atoms with Crippen molar-refractivity contribution in [2.45, 2.75) is 38.8 Å². The third-order valence-electron chi connectivity index (χ3n) is 2.86. The molecule has 0 radical (unpaired) electrons. The van der Waals surface area contributed by atoms with Crippen LogP contribution in [0.15, 0.2) is 18.2 Å². The predicted octanol–water partition coefficient (Wildman–Crippen LogP) is 3.16. The standard InChI is InChI=1S/C13H19ClFNO/c1-4-17-13(2,3)12(16)8-9-7-10(14)5-6-11(9)15/h5-7,12H,4,8,16H2,1-3H3. The van der Waals surface area contributed by atoms with E-state index in [2.05, 4.69) is 0 Å². The summed E-state index contributed by atoms with van der Waals surface area (Å²) in [5.74, 6) is -0.280. The van der Waals surface area contributed by atoms with E-state index in [4.69, 9.17) is 22.1 Å². The van der Waals surface area contributed by atoms with Gasteiger partial charge in [-0.15, -0.1) is 0 Å². The molecule has 0 spiro atoms. The molecule has 0 aromatic heterocycles. The van der Waals surface area contributed by atoms with Crippen LogP contribution in [0, 0.1) is 5.82 Å². The summed E-state index contributed by atoms with van der Waals surface area (Å²) in [6, 6.07) is 4.21. The molecule has 0 bridgehead atoms. The molecule has 17 heavy (non-hydrogen) atoms. The van der Waals surface area contributed by atoms with E-state index in [1.807, 2.05) is 20.8 Å². The van der Waals surface area contributed by atoms with E-state index in [0.29, 0.717) is 23.6 Å². The number of rotatable bonds is 5. The molecule has 2 N–H and O–H groups in total. The number of hydrogen-bond acceptors (Lipinski definition) is 2. The number of ether oxygens (including phenoxy) is 1. The van der Waals surface area contributed by atoms with Crippen LogP contribution < -0.4 is 5.73 Å². The largest absolute Gasteiger partial charge is 0.374 e. The highest BCUT2D eigenvalue weighted by molar-refractivity contribution is 6.30. The van der Waals surface area contributed by atoms with Crippen molar-refractivity contribution in [2.75, 3.05) is 6.61 Å². The van der Waals surface area contributed by atoms with Gasteiger partial charge in [0.1, 0.15) is 5.82 Å². The van der Waals surface area contributed by atoms with Crippen molar-refractivity contribution < 1.29 is 9.13 Å². The van der Waals surface area contributed by atoms with Gasteiger partial charge in [-0.05, 0) is 51.0 Å². The van der Waals surface area contributed by atoms with Crippen LogP contribution in [-0.2, 0) is 11.2 Å². The Kier molecular flexibility index (Phi) is 4.92. The van der Waals surface area contributed by atoms with E-state index in [1.54, 1.807) is 6.07 Å². The van der Waals surface area contributed by atoms with Crippen LogP contribution in [0.2, 0.25) is 5.02 Å². The van der Waals surface area contributed by atoms with Crippen molar-refractivity contribution in [3.8, 4) is 0 Å². The molecule has 1 rings (SSSR count). The summed E-state index contributed by atoms with van der Waals surface area (Å²) in [7, 11) is 0. The van der Waals surface area contributed by atoms with Gasteiger partial charge >= 0.3 is 0 Å². The Morgan fingerprint density at radius 3 is 2.71 bits per heavy atom. The SMILES string of the molecule is CCOC(C)(C)C(N)Cc1cc(Cl)ccc1F. The van der Waals surface area contributed by atoms with Gasteiger partial charge in [-0.1, -0.05) is 11.6 Å². The van der Waals surface area contributed by atoms with Crippen molar-refractivity contribution in [2.24, 2.45) is 5.73 Å². The summed E-state index contributed by atoms with van der Waals surface area (Å²) in [5.41, 5.74) is 6.10. The van der Waals surface area contributed by atoms with E-state index in [1.165, 1.54) is 12.1 Å². The van der Waals surface area contributed by atoms with Crippen LogP contribution in [0.3, 0.4) is 0 Å². The van der Waals surface area contributed by atoms with Crippen LogP contribution in [0.25, 0.3) is 0 Å². The molecular formula is C13H19ClFNO. The van der Waals surface area contributed by atoms with Crippen molar-refractivity contribution in [1.29, 1.82) is 0 Å². The summed E-state index contributed by atoms with van der Waals surface area (Å²) in [4.78, 5) is 0. The quantitative estimate of drug-likeness (QED) is 0.882. The summed E-state index contributed by atoms with van der Waals surface area (Å²) in [6.07, 6.45) is 0.402. The molecular weight excluding hydrogens is 241 g/mol. The summed E-state index contributed by atoms with van der Waals surface area (Å²) in [5, 5.41) is 0.516. The zero-order valence-electron chi connectivity index (χ0n) is 10.5. The lowest BCUT2D eigenvalue weighted by atomic mass is 9.93. The molecule has 0 heterocycles. The molecule has 0 amide bonds. The monoisotopic (exact) mass is 259 g/mol. The van der Waals surface area contributed by atoms with Crippen LogP contribution >= 0.6 is 11.6 Å². The molecule has 0 aliphatic heterocycles. The van der Waals surface area contributed by atoms with Gasteiger partial charge in [0.25, 0.3) is 0 Å². The lowest BCUT2D eigenvalue weighted by Crippen LogP contribution is -2.46.